The van der Waals surface area contributed by atoms with Crippen LogP contribution in [0, 0.1) is 20.8 Å². The Kier molecular flexibility index (Phi) is 4.58. The first kappa shape index (κ1) is 20.0. The molecular weight excluding hydrogens is 408 g/mol. The van der Waals surface area contributed by atoms with Gasteiger partial charge in [-0.25, -0.2) is 14.6 Å². The average molecular weight is 432 g/mol. The largest absolute Gasteiger partial charge is 0.496 e. The fourth-order valence-corrected chi connectivity index (χ4v) is 4.08. The van der Waals surface area contributed by atoms with Gasteiger partial charge in [0.15, 0.2) is 0 Å². The van der Waals surface area contributed by atoms with Crippen LogP contribution < -0.4 is 10.1 Å². The number of hydrogen-bond acceptors (Lipinski definition) is 8. The number of fused-ring (bicyclic) bond motifs is 3. The van der Waals surface area contributed by atoms with Crippen LogP contribution in [0.25, 0.3) is 33.1 Å². The molecule has 164 valence electrons. The van der Waals surface area contributed by atoms with E-state index in [1.54, 1.807) is 7.11 Å². The predicted octanol–water partition coefficient (Wildman–Crippen LogP) is 4.62. The minimum absolute atomic E-state index is 0.152. The molecule has 0 aliphatic rings. The molecular formula is C22H24N8O2. The number of aryl methyl sites for hydroxylation is 3. The molecule has 5 aromatic rings. The van der Waals surface area contributed by atoms with Crippen molar-refractivity contribution in [3.63, 3.8) is 0 Å². The smallest absolute Gasteiger partial charge is 0.227 e. The molecule has 32 heavy (non-hydrogen) atoms. The van der Waals surface area contributed by atoms with Crippen molar-refractivity contribution in [2.75, 3.05) is 12.4 Å². The van der Waals surface area contributed by atoms with Crippen molar-refractivity contribution >= 4 is 33.7 Å². The van der Waals surface area contributed by atoms with E-state index in [-0.39, 0.29) is 6.04 Å². The monoisotopic (exact) mass is 432 g/mol. The van der Waals surface area contributed by atoms with Crippen LogP contribution in [0.5, 0.6) is 5.75 Å². The lowest BCUT2D eigenvalue weighted by Crippen LogP contribution is -2.09. The van der Waals surface area contributed by atoms with E-state index >= 15 is 0 Å². The van der Waals surface area contributed by atoms with E-state index in [0.29, 0.717) is 23.3 Å². The fraction of sp³-hybridized carbons (Fsp3) is 0.318. The molecule has 2 N–H and O–H groups in total. The second-order valence-electron chi connectivity index (χ2n) is 8.01. The fourth-order valence-electron chi connectivity index (χ4n) is 4.08. The molecule has 5 rings (SSSR count). The highest BCUT2D eigenvalue weighted by Crippen LogP contribution is 2.40. The van der Waals surface area contributed by atoms with E-state index < -0.39 is 0 Å². The third-order valence-corrected chi connectivity index (χ3v) is 5.48. The summed E-state index contributed by atoms with van der Waals surface area (Å²) in [7, 11) is 1.66. The Hall–Kier alpha value is -3.95. The highest BCUT2D eigenvalue weighted by molar-refractivity contribution is 6.13. The quantitative estimate of drug-likeness (QED) is 0.413. The maximum Gasteiger partial charge on any atom is 0.227 e. The molecule has 1 aromatic carbocycles. The molecule has 0 saturated heterocycles. The number of benzene rings is 1. The molecule has 0 bridgehead atoms. The van der Waals surface area contributed by atoms with Crippen LogP contribution in [-0.4, -0.2) is 42.0 Å². The van der Waals surface area contributed by atoms with Crippen molar-refractivity contribution in [2.24, 2.45) is 0 Å². The first-order chi connectivity index (χ1) is 15.4. The van der Waals surface area contributed by atoms with Crippen molar-refractivity contribution in [1.29, 1.82) is 0 Å². The minimum Gasteiger partial charge on any atom is -0.496 e. The Morgan fingerprint density at radius 2 is 1.97 bits per heavy atom. The number of aromatic nitrogens is 7. The van der Waals surface area contributed by atoms with Crippen LogP contribution in [0.4, 0.5) is 11.8 Å². The molecule has 0 spiro atoms. The third-order valence-electron chi connectivity index (χ3n) is 5.48. The normalized spacial score (nSPS) is 11.7. The first-order valence-electron chi connectivity index (χ1n) is 10.3. The van der Waals surface area contributed by atoms with Gasteiger partial charge in [-0.1, -0.05) is 5.16 Å². The summed E-state index contributed by atoms with van der Waals surface area (Å²) < 4.78 is 12.9. The van der Waals surface area contributed by atoms with Gasteiger partial charge in [-0.05, 0) is 46.8 Å². The molecule has 4 heterocycles. The number of rotatable bonds is 5. The predicted molar refractivity (Wildman–Crippen MR) is 121 cm³/mol. The van der Waals surface area contributed by atoms with Gasteiger partial charge in [0.05, 0.1) is 29.8 Å². The van der Waals surface area contributed by atoms with Crippen LogP contribution in [0.2, 0.25) is 0 Å². The van der Waals surface area contributed by atoms with Gasteiger partial charge >= 0.3 is 0 Å². The second-order valence-corrected chi connectivity index (χ2v) is 8.01. The Morgan fingerprint density at radius 1 is 1.16 bits per heavy atom. The van der Waals surface area contributed by atoms with Gasteiger partial charge in [0.1, 0.15) is 35.1 Å². The van der Waals surface area contributed by atoms with Crippen LogP contribution >= 0.6 is 0 Å². The van der Waals surface area contributed by atoms with Crippen LogP contribution in [0.3, 0.4) is 0 Å². The topological polar surface area (TPSA) is 120 Å². The number of hydrogen-bond donors (Lipinski definition) is 2. The molecule has 0 amide bonds. The zero-order valence-electron chi connectivity index (χ0n) is 18.8. The molecule has 0 aliphatic heterocycles. The number of H-pyrrole nitrogens is 1. The average Bonchev–Trinajstić information content (AvgIpc) is 3.43. The molecule has 0 fully saturated rings. The summed E-state index contributed by atoms with van der Waals surface area (Å²) in [5.74, 6) is 3.36. The zero-order chi connectivity index (χ0) is 22.6. The lowest BCUT2D eigenvalue weighted by atomic mass is 10.0. The number of anilines is 2. The third kappa shape index (κ3) is 3.06. The summed E-state index contributed by atoms with van der Waals surface area (Å²) in [6.07, 6.45) is 1.53. The summed E-state index contributed by atoms with van der Waals surface area (Å²) in [5, 5.41) is 13.5. The Morgan fingerprint density at radius 3 is 2.66 bits per heavy atom. The lowest BCUT2D eigenvalue weighted by Gasteiger charge is -2.12. The molecule has 0 saturated carbocycles. The molecule has 10 heteroatoms. The van der Waals surface area contributed by atoms with E-state index in [1.165, 1.54) is 6.33 Å². The minimum atomic E-state index is 0.152. The second kappa shape index (κ2) is 7.33. The molecule has 0 radical (unpaired) electrons. The maximum absolute atomic E-state index is 5.75. The highest BCUT2D eigenvalue weighted by atomic mass is 16.5. The molecule has 10 nitrogen and oxygen atoms in total. The van der Waals surface area contributed by atoms with Crippen molar-refractivity contribution in [2.45, 2.75) is 40.7 Å². The SMILES string of the molecule is COc1cc2c(cc1-c1c(C)noc1C)[nH]c1nc(C)nc(Nc3ncnn3C(C)C)c12. The number of methoxy groups -OCH3 is 1. The van der Waals surface area contributed by atoms with Crippen molar-refractivity contribution in [1.82, 2.24) is 34.9 Å². The van der Waals surface area contributed by atoms with E-state index in [1.807, 2.05) is 51.4 Å². The Bertz CT molecular complexity index is 1440. The Labute approximate surface area is 184 Å². The maximum atomic E-state index is 5.75. The zero-order valence-corrected chi connectivity index (χ0v) is 18.8. The van der Waals surface area contributed by atoms with Crippen LogP contribution in [-0.2, 0) is 0 Å². The Balaban J connectivity index is 1.75. The molecule has 0 atom stereocenters. The molecule has 0 aliphatic carbocycles. The van der Waals surface area contributed by atoms with Crippen molar-refractivity contribution in [3.05, 3.63) is 35.7 Å². The van der Waals surface area contributed by atoms with Gasteiger partial charge in [0.25, 0.3) is 0 Å². The summed E-state index contributed by atoms with van der Waals surface area (Å²) in [5.41, 5.74) is 4.27. The highest BCUT2D eigenvalue weighted by Gasteiger charge is 2.21. The van der Waals surface area contributed by atoms with Crippen LogP contribution in [0.1, 0.15) is 37.2 Å². The molecule has 4 aromatic heterocycles. The summed E-state index contributed by atoms with van der Waals surface area (Å²) >= 11 is 0. The van der Waals surface area contributed by atoms with Crippen LogP contribution in [0.15, 0.2) is 23.0 Å². The van der Waals surface area contributed by atoms with Gasteiger partial charge in [-0.15, -0.1) is 0 Å². The van der Waals surface area contributed by atoms with Gasteiger partial charge in [0, 0.05) is 16.5 Å². The van der Waals surface area contributed by atoms with E-state index in [9.17, 15) is 0 Å². The van der Waals surface area contributed by atoms with Gasteiger partial charge in [0.2, 0.25) is 5.95 Å². The van der Waals surface area contributed by atoms with Gasteiger partial charge < -0.3 is 19.6 Å². The van der Waals surface area contributed by atoms with Crippen molar-refractivity contribution < 1.29 is 9.26 Å². The number of nitrogens with one attached hydrogen (secondary N) is 2. The van der Waals surface area contributed by atoms with Gasteiger partial charge in [-0.2, -0.15) is 10.1 Å². The number of nitrogens with zero attached hydrogens (tertiary/aromatic N) is 6. The first-order valence-corrected chi connectivity index (χ1v) is 10.3. The van der Waals surface area contributed by atoms with E-state index in [4.69, 9.17) is 9.26 Å². The van der Waals surface area contributed by atoms with Crippen molar-refractivity contribution in [3.8, 4) is 16.9 Å². The molecule has 0 unspecified atom stereocenters. The van der Waals surface area contributed by atoms with Gasteiger partial charge in [-0.3, -0.25) is 0 Å². The number of aromatic amines is 1. The number of ether oxygens (including phenoxy) is 1. The summed E-state index contributed by atoms with van der Waals surface area (Å²) in [6, 6.07) is 4.18. The van der Waals surface area contributed by atoms with E-state index in [2.05, 4.69) is 35.5 Å². The summed E-state index contributed by atoms with van der Waals surface area (Å²) in [6.45, 7) is 9.77. The standard InChI is InChI=1S/C22H24N8O2/c1-10(2)30-22(23-9-24-30)28-21-19-14-8-17(31-6)15(18-11(3)29-32-12(18)4)7-16(14)27-20(19)25-13(5)26-21/h7-10H,1-6H3,(H2,23,24,25,26,27,28). The lowest BCUT2D eigenvalue weighted by molar-refractivity contribution is 0.393. The summed E-state index contributed by atoms with van der Waals surface area (Å²) in [4.78, 5) is 17.1. The van der Waals surface area contributed by atoms with E-state index in [0.717, 1.165) is 44.5 Å².